The van der Waals surface area contributed by atoms with Gasteiger partial charge >= 0.3 is 0 Å². The zero-order valence-electron chi connectivity index (χ0n) is 12.1. The molecule has 0 aliphatic carbocycles. The third kappa shape index (κ3) is 2.56. The van der Waals surface area contributed by atoms with Crippen molar-refractivity contribution in [3.63, 3.8) is 0 Å². The van der Waals surface area contributed by atoms with Crippen molar-refractivity contribution in [1.82, 2.24) is 4.98 Å². The van der Waals surface area contributed by atoms with Crippen molar-refractivity contribution in [2.24, 2.45) is 17.4 Å². The summed E-state index contributed by atoms with van der Waals surface area (Å²) >= 11 is 0. The largest absolute Gasteiger partial charge is 0.366 e. The summed E-state index contributed by atoms with van der Waals surface area (Å²) in [5.41, 5.74) is 12.8. The minimum absolute atomic E-state index is 0.172. The first-order chi connectivity index (χ1) is 10.1. The molecule has 0 spiro atoms. The van der Waals surface area contributed by atoms with Gasteiger partial charge < -0.3 is 16.4 Å². The number of anilines is 1. The van der Waals surface area contributed by atoms with Gasteiger partial charge in [0.05, 0.1) is 11.1 Å². The van der Waals surface area contributed by atoms with E-state index < -0.39 is 5.91 Å². The van der Waals surface area contributed by atoms with Crippen LogP contribution in [0.3, 0.4) is 0 Å². The SMILES string of the molecule is CC(N)C1CCN(c2cc(C(N)=O)c3ccccc3n2)C1. The number of benzene rings is 1. The van der Waals surface area contributed by atoms with Crippen LogP contribution in [0, 0.1) is 5.92 Å². The number of aromatic nitrogens is 1. The maximum Gasteiger partial charge on any atom is 0.249 e. The number of carbonyl (C=O) groups is 1. The molecule has 1 saturated heterocycles. The normalized spacial score (nSPS) is 19.9. The number of nitrogens with two attached hydrogens (primary N) is 2. The Bertz CT molecular complexity index is 683. The molecule has 2 heterocycles. The van der Waals surface area contributed by atoms with Gasteiger partial charge in [-0.05, 0) is 31.4 Å². The minimum atomic E-state index is -0.419. The summed E-state index contributed by atoms with van der Waals surface area (Å²) in [6, 6.07) is 9.56. The van der Waals surface area contributed by atoms with Crippen molar-refractivity contribution in [1.29, 1.82) is 0 Å². The molecule has 2 aromatic rings. The van der Waals surface area contributed by atoms with Crippen molar-refractivity contribution in [3.05, 3.63) is 35.9 Å². The van der Waals surface area contributed by atoms with Crippen LogP contribution in [0.4, 0.5) is 5.82 Å². The molecule has 2 unspecified atom stereocenters. The zero-order chi connectivity index (χ0) is 15.0. The number of primary amides is 1. The predicted octanol–water partition coefficient (Wildman–Crippen LogP) is 1.51. The molecule has 1 fully saturated rings. The Morgan fingerprint density at radius 2 is 2.19 bits per heavy atom. The molecule has 1 amide bonds. The fraction of sp³-hybridized carbons (Fsp3) is 0.375. The number of nitrogens with zero attached hydrogens (tertiary/aromatic N) is 2. The highest BCUT2D eigenvalue weighted by molar-refractivity contribution is 6.06. The molecule has 4 N–H and O–H groups in total. The minimum Gasteiger partial charge on any atom is -0.366 e. The number of pyridine rings is 1. The molecular weight excluding hydrogens is 264 g/mol. The molecule has 1 aliphatic rings. The first-order valence-electron chi connectivity index (χ1n) is 7.26. The third-order valence-corrected chi connectivity index (χ3v) is 4.26. The van der Waals surface area contributed by atoms with E-state index >= 15 is 0 Å². The van der Waals surface area contributed by atoms with Crippen LogP contribution in [0.25, 0.3) is 10.9 Å². The summed E-state index contributed by atoms with van der Waals surface area (Å²) in [6.07, 6.45) is 1.05. The third-order valence-electron chi connectivity index (χ3n) is 4.26. The summed E-state index contributed by atoms with van der Waals surface area (Å²) in [6.45, 7) is 3.83. The fourth-order valence-corrected chi connectivity index (χ4v) is 2.95. The van der Waals surface area contributed by atoms with Crippen molar-refractivity contribution in [2.75, 3.05) is 18.0 Å². The van der Waals surface area contributed by atoms with E-state index in [0.717, 1.165) is 36.2 Å². The number of amides is 1. The van der Waals surface area contributed by atoms with Gasteiger partial charge in [-0.15, -0.1) is 0 Å². The van der Waals surface area contributed by atoms with Crippen molar-refractivity contribution >= 4 is 22.6 Å². The Labute approximate surface area is 123 Å². The molecule has 2 atom stereocenters. The molecule has 110 valence electrons. The van der Waals surface area contributed by atoms with Crippen LogP contribution >= 0.6 is 0 Å². The quantitative estimate of drug-likeness (QED) is 0.894. The molecule has 5 heteroatoms. The van der Waals surface area contributed by atoms with Crippen molar-refractivity contribution in [2.45, 2.75) is 19.4 Å². The summed E-state index contributed by atoms with van der Waals surface area (Å²) in [4.78, 5) is 18.6. The second-order valence-electron chi connectivity index (χ2n) is 5.76. The maximum atomic E-state index is 11.7. The fourth-order valence-electron chi connectivity index (χ4n) is 2.95. The molecular formula is C16H20N4O. The monoisotopic (exact) mass is 284 g/mol. The van der Waals surface area contributed by atoms with Gasteiger partial charge in [-0.2, -0.15) is 0 Å². The summed E-state index contributed by atoms with van der Waals surface area (Å²) in [5, 5.41) is 0.802. The van der Waals surface area contributed by atoms with Gasteiger partial charge in [0.15, 0.2) is 0 Å². The van der Waals surface area contributed by atoms with E-state index in [4.69, 9.17) is 11.5 Å². The average Bonchev–Trinajstić information content (AvgIpc) is 2.96. The van der Waals surface area contributed by atoms with Gasteiger partial charge in [-0.1, -0.05) is 18.2 Å². The summed E-state index contributed by atoms with van der Waals surface area (Å²) in [5.74, 6) is 0.860. The molecule has 0 saturated carbocycles. The Hall–Kier alpha value is -2.14. The molecule has 21 heavy (non-hydrogen) atoms. The molecule has 1 aromatic heterocycles. The van der Waals surface area contributed by atoms with Crippen LogP contribution in [0.1, 0.15) is 23.7 Å². The van der Waals surface area contributed by atoms with E-state index in [1.165, 1.54) is 0 Å². The number of fused-ring (bicyclic) bond motifs is 1. The Balaban J connectivity index is 2.02. The first kappa shape index (κ1) is 13.8. The van der Waals surface area contributed by atoms with Gasteiger partial charge in [0.1, 0.15) is 5.82 Å². The van der Waals surface area contributed by atoms with E-state index in [2.05, 4.69) is 9.88 Å². The van der Waals surface area contributed by atoms with E-state index in [1.54, 1.807) is 6.07 Å². The number of carbonyl (C=O) groups excluding carboxylic acids is 1. The lowest BCUT2D eigenvalue weighted by Crippen LogP contribution is -2.30. The van der Waals surface area contributed by atoms with Gasteiger partial charge in [0, 0.05) is 24.5 Å². The van der Waals surface area contributed by atoms with E-state index in [0.29, 0.717) is 11.5 Å². The van der Waals surface area contributed by atoms with Gasteiger partial charge in [-0.3, -0.25) is 4.79 Å². The number of rotatable bonds is 3. The molecule has 1 aromatic carbocycles. The molecule has 5 nitrogen and oxygen atoms in total. The van der Waals surface area contributed by atoms with E-state index in [-0.39, 0.29) is 6.04 Å². The number of para-hydroxylation sites is 1. The zero-order valence-corrected chi connectivity index (χ0v) is 12.1. The van der Waals surface area contributed by atoms with Gasteiger partial charge in [0.2, 0.25) is 5.91 Å². The Morgan fingerprint density at radius 1 is 1.43 bits per heavy atom. The Kier molecular flexibility index (Phi) is 3.51. The van der Waals surface area contributed by atoms with Crippen LogP contribution in [-0.2, 0) is 0 Å². The van der Waals surface area contributed by atoms with Crippen LogP contribution in [0.5, 0.6) is 0 Å². The number of hydrogen-bond donors (Lipinski definition) is 2. The molecule has 3 rings (SSSR count). The Morgan fingerprint density at radius 3 is 2.86 bits per heavy atom. The standard InChI is InChI=1S/C16H20N4O/c1-10(17)11-6-7-20(9-11)15-8-13(16(18)21)12-4-2-3-5-14(12)19-15/h2-5,8,10-11H,6-7,9,17H2,1H3,(H2,18,21). The molecule has 1 aliphatic heterocycles. The summed E-state index contributed by atoms with van der Waals surface area (Å²) < 4.78 is 0. The van der Waals surface area contributed by atoms with E-state index in [1.807, 2.05) is 31.2 Å². The lowest BCUT2D eigenvalue weighted by molar-refractivity contribution is 0.100. The second-order valence-corrected chi connectivity index (χ2v) is 5.76. The highest BCUT2D eigenvalue weighted by Crippen LogP contribution is 2.27. The van der Waals surface area contributed by atoms with E-state index in [9.17, 15) is 4.79 Å². The van der Waals surface area contributed by atoms with Gasteiger partial charge in [0.25, 0.3) is 0 Å². The topological polar surface area (TPSA) is 85.2 Å². The smallest absolute Gasteiger partial charge is 0.249 e. The summed E-state index contributed by atoms with van der Waals surface area (Å²) in [7, 11) is 0. The van der Waals surface area contributed by atoms with Crippen LogP contribution in [0.2, 0.25) is 0 Å². The predicted molar refractivity (Wildman–Crippen MR) is 84.2 cm³/mol. The highest BCUT2D eigenvalue weighted by atomic mass is 16.1. The van der Waals surface area contributed by atoms with Crippen molar-refractivity contribution < 1.29 is 4.79 Å². The molecule has 0 bridgehead atoms. The lowest BCUT2D eigenvalue weighted by Gasteiger charge is -2.20. The first-order valence-corrected chi connectivity index (χ1v) is 7.26. The van der Waals surface area contributed by atoms with Crippen LogP contribution in [-0.4, -0.2) is 30.0 Å². The lowest BCUT2D eigenvalue weighted by atomic mass is 10.0. The van der Waals surface area contributed by atoms with Crippen LogP contribution in [0.15, 0.2) is 30.3 Å². The van der Waals surface area contributed by atoms with Gasteiger partial charge in [-0.25, -0.2) is 4.98 Å². The highest BCUT2D eigenvalue weighted by Gasteiger charge is 2.26. The number of hydrogen-bond acceptors (Lipinski definition) is 4. The van der Waals surface area contributed by atoms with Crippen molar-refractivity contribution in [3.8, 4) is 0 Å². The van der Waals surface area contributed by atoms with Crippen LogP contribution < -0.4 is 16.4 Å². The maximum absolute atomic E-state index is 11.7. The average molecular weight is 284 g/mol. The second kappa shape index (κ2) is 5.33. The molecule has 0 radical (unpaired) electrons.